The number of amides is 3. The van der Waals surface area contributed by atoms with Crippen LogP contribution in [0, 0.1) is 6.92 Å². The van der Waals surface area contributed by atoms with Crippen LogP contribution < -0.4 is 11.1 Å². The summed E-state index contributed by atoms with van der Waals surface area (Å²) in [7, 11) is 2.06. The Kier molecular flexibility index (Phi) is 6.70. The normalized spacial score (nSPS) is 16.3. The van der Waals surface area contributed by atoms with Gasteiger partial charge in [-0.25, -0.2) is 0 Å². The summed E-state index contributed by atoms with van der Waals surface area (Å²) in [4.78, 5) is 51.3. The van der Waals surface area contributed by atoms with E-state index in [0.717, 1.165) is 70.3 Å². The lowest BCUT2D eigenvalue weighted by atomic mass is 9.93. The molecule has 1 saturated heterocycles. The first-order valence-electron chi connectivity index (χ1n) is 15.0. The standard InChI is InChI=1S/C35H34N6O3/c1-21-23(6-5-7-27(21)39-34(44)35(13-14-35)29-8-3-4-15-37-29)24-11-12-26(32(36)42)31-30(24)25-10-9-22(20-28(25)38-31)33(43)41-18-16-40(2)17-19-41/h3-12,15,20,38H,13-14,16-19H2,1-2H3,(H2,36,42)(H,39,44). The summed E-state index contributed by atoms with van der Waals surface area (Å²) in [5.41, 5.74) is 11.8. The Bertz CT molecular complexity index is 1950. The zero-order valence-electron chi connectivity index (χ0n) is 24.8. The maximum atomic E-state index is 13.5. The van der Waals surface area contributed by atoms with Crippen LogP contribution in [-0.2, 0) is 10.2 Å². The Morgan fingerprint density at radius 3 is 2.43 bits per heavy atom. The number of rotatable bonds is 6. The van der Waals surface area contributed by atoms with E-state index in [0.29, 0.717) is 29.7 Å². The van der Waals surface area contributed by atoms with E-state index in [4.69, 9.17) is 5.73 Å². The molecule has 5 aromatic rings. The van der Waals surface area contributed by atoms with Crippen molar-refractivity contribution in [3.63, 3.8) is 0 Å². The first-order chi connectivity index (χ1) is 21.3. The van der Waals surface area contributed by atoms with Gasteiger partial charge in [0.25, 0.3) is 11.8 Å². The third kappa shape index (κ3) is 4.60. The van der Waals surface area contributed by atoms with Crippen LogP contribution >= 0.6 is 0 Å². The molecule has 4 N–H and O–H groups in total. The fourth-order valence-corrected chi connectivity index (χ4v) is 6.44. The van der Waals surface area contributed by atoms with Crippen LogP contribution in [-0.4, -0.2) is 70.7 Å². The fraction of sp³-hybridized carbons (Fsp3) is 0.257. The summed E-state index contributed by atoms with van der Waals surface area (Å²) in [5, 5.41) is 4.90. The van der Waals surface area contributed by atoms with Crippen LogP contribution in [0.3, 0.4) is 0 Å². The molecule has 3 amide bonds. The number of aromatic amines is 1. The Morgan fingerprint density at radius 2 is 1.73 bits per heavy atom. The molecule has 0 atom stereocenters. The SMILES string of the molecule is Cc1c(NC(=O)C2(c3ccccn3)CC2)cccc1-c1ccc(C(N)=O)c2[nH]c3cc(C(=O)N4CCN(C)CC4)ccc3c12. The monoisotopic (exact) mass is 586 g/mol. The third-order valence-corrected chi connectivity index (χ3v) is 9.27. The van der Waals surface area contributed by atoms with E-state index < -0.39 is 11.3 Å². The minimum Gasteiger partial charge on any atom is -0.366 e. The molecule has 3 aromatic carbocycles. The van der Waals surface area contributed by atoms with E-state index in [1.165, 1.54) is 0 Å². The molecular formula is C35H34N6O3. The van der Waals surface area contributed by atoms with Crippen molar-refractivity contribution in [3.8, 4) is 11.1 Å². The number of carbonyl (C=O) groups is 3. The van der Waals surface area contributed by atoms with Crippen LogP contribution in [0.1, 0.15) is 44.8 Å². The van der Waals surface area contributed by atoms with Gasteiger partial charge in [-0.1, -0.05) is 30.3 Å². The lowest BCUT2D eigenvalue weighted by molar-refractivity contribution is -0.118. The Labute approximate surface area is 255 Å². The highest BCUT2D eigenvalue weighted by Crippen LogP contribution is 2.48. The van der Waals surface area contributed by atoms with Crippen LogP contribution in [0.4, 0.5) is 5.69 Å². The van der Waals surface area contributed by atoms with Gasteiger partial charge in [0.15, 0.2) is 0 Å². The molecule has 222 valence electrons. The molecule has 1 aliphatic carbocycles. The van der Waals surface area contributed by atoms with Gasteiger partial charge in [0.2, 0.25) is 5.91 Å². The second-order valence-electron chi connectivity index (χ2n) is 12.0. The van der Waals surface area contributed by atoms with Gasteiger partial charge in [-0.2, -0.15) is 0 Å². The average Bonchev–Trinajstić information content (AvgIpc) is 3.77. The molecule has 7 rings (SSSR count). The van der Waals surface area contributed by atoms with Gasteiger partial charge in [-0.05, 0) is 79.9 Å². The van der Waals surface area contributed by atoms with Crippen LogP contribution in [0.2, 0.25) is 0 Å². The lowest BCUT2D eigenvalue weighted by Crippen LogP contribution is -2.47. The first kappa shape index (κ1) is 27.8. The molecule has 1 aliphatic heterocycles. The maximum absolute atomic E-state index is 13.5. The molecule has 2 aromatic heterocycles. The number of carbonyl (C=O) groups excluding carboxylic acids is 3. The van der Waals surface area contributed by atoms with Crippen molar-refractivity contribution in [3.05, 3.63) is 95.3 Å². The number of benzene rings is 3. The minimum atomic E-state index is -0.601. The highest BCUT2D eigenvalue weighted by Gasteiger charge is 2.52. The number of anilines is 1. The Morgan fingerprint density at radius 1 is 0.932 bits per heavy atom. The van der Waals surface area contributed by atoms with Crippen molar-refractivity contribution in [1.82, 2.24) is 19.8 Å². The van der Waals surface area contributed by atoms with E-state index in [9.17, 15) is 14.4 Å². The van der Waals surface area contributed by atoms with Crippen LogP contribution in [0.5, 0.6) is 0 Å². The highest BCUT2D eigenvalue weighted by atomic mass is 16.2. The van der Waals surface area contributed by atoms with Gasteiger partial charge in [0, 0.05) is 59.9 Å². The molecular weight excluding hydrogens is 552 g/mol. The van der Waals surface area contributed by atoms with Crippen molar-refractivity contribution in [2.24, 2.45) is 5.73 Å². The fourth-order valence-electron chi connectivity index (χ4n) is 6.44. The minimum absolute atomic E-state index is 0.00701. The number of pyridine rings is 1. The van der Waals surface area contributed by atoms with Gasteiger partial charge in [-0.3, -0.25) is 19.4 Å². The first-order valence-corrected chi connectivity index (χ1v) is 15.0. The van der Waals surface area contributed by atoms with Gasteiger partial charge in [-0.15, -0.1) is 0 Å². The lowest BCUT2D eigenvalue weighted by Gasteiger charge is -2.32. The van der Waals surface area contributed by atoms with Crippen LogP contribution in [0.15, 0.2) is 72.9 Å². The second-order valence-corrected chi connectivity index (χ2v) is 12.0. The van der Waals surface area contributed by atoms with Gasteiger partial charge in [0.05, 0.1) is 22.2 Å². The second kappa shape index (κ2) is 10.6. The third-order valence-electron chi connectivity index (χ3n) is 9.27. The van der Waals surface area contributed by atoms with Crippen molar-refractivity contribution in [2.75, 3.05) is 38.5 Å². The number of likely N-dealkylation sites (N-methyl/N-ethyl adjacent to an activating group) is 1. The summed E-state index contributed by atoms with van der Waals surface area (Å²) in [6.07, 6.45) is 3.25. The zero-order chi connectivity index (χ0) is 30.6. The van der Waals surface area contributed by atoms with Crippen LogP contribution in [0.25, 0.3) is 32.9 Å². The Hall–Kier alpha value is -5.02. The number of piperazine rings is 1. The van der Waals surface area contributed by atoms with E-state index in [1.807, 2.05) is 72.5 Å². The molecule has 2 aliphatic rings. The number of hydrogen-bond donors (Lipinski definition) is 3. The number of fused-ring (bicyclic) bond motifs is 3. The van der Waals surface area contributed by atoms with Gasteiger partial charge < -0.3 is 25.8 Å². The largest absolute Gasteiger partial charge is 0.366 e. The number of hydrogen-bond acceptors (Lipinski definition) is 5. The van der Waals surface area contributed by atoms with Gasteiger partial charge in [0.1, 0.15) is 0 Å². The number of H-pyrrole nitrogens is 1. The average molecular weight is 587 g/mol. The van der Waals surface area contributed by atoms with E-state index in [2.05, 4.69) is 27.2 Å². The molecule has 9 heteroatoms. The zero-order valence-corrected chi connectivity index (χ0v) is 24.8. The van der Waals surface area contributed by atoms with Crippen molar-refractivity contribution in [1.29, 1.82) is 0 Å². The van der Waals surface area contributed by atoms with E-state index in [-0.39, 0.29) is 11.8 Å². The molecule has 3 heterocycles. The molecule has 0 bridgehead atoms. The molecule has 0 radical (unpaired) electrons. The maximum Gasteiger partial charge on any atom is 0.254 e. The summed E-state index contributed by atoms with van der Waals surface area (Å²) in [5.74, 6) is -0.605. The molecule has 0 spiro atoms. The van der Waals surface area contributed by atoms with E-state index in [1.54, 1.807) is 12.3 Å². The Balaban J connectivity index is 1.29. The molecule has 2 fully saturated rings. The van der Waals surface area contributed by atoms with Gasteiger partial charge >= 0.3 is 0 Å². The summed E-state index contributed by atoms with van der Waals surface area (Å²) >= 11 is 0. The molecule has 9 nitrogen and oxygen atoms in total. The molecule has 0 unspecified atom stereocenters. The predicted octanol–water partition coefficient (Wildman–Crippen LogP) is 4.85. The highest BCUT2D eigenvalue weighted by molar-refractivity contribution is 6.20. The number of primary amides is 1. The predicted molar refractivity (Wildman–Crippen MR) is 172 cm³/mol. The summed E-state index contributed by atoms with van der Waals surface area (Å²) in [6, 6.07) is 20.8. The van der Waals surface area contributed by atoms with E-state index >= 15 is 0 Å². The topological polar surface area (TPSA) is 124 Å². The van der Waals surface area contributed by atoms with Crippen molar-refractivity contribution < 1.29 is 14.4 Å². The van der Waals surface area contributed by atoms with Crippen molar-refractivity contribution in [2.45, 2.75) is 25.2 Å². The summed E-state index contributed by atoms with van der Waals surface area (Å²) < 4.78 is 0. The number of nitrogens with one attached hydrogen (secondary N) is 2. The summed E-state index contributed by atoms with van der Waals surface area (Å²) in [6.45, 7) is 5.04. The number of nitrogens with two attached hydrogens (primary N) is 1. The molecule has 44 heavy (non-hydrogen) atoms. The quantitative estimate of drug-likeness (QED) is 0.263. The number of aromatic nitrogens is 2. The molecule has 1 saturated carbocycles. The van der Waals surface area contributed by atoms with Crippen molar-refractivity contribution >= 4 is 45.2 Å². The smallest absolute Gasteiger partial charge is 0.254 e. The number of nitrogens with zero attached hydrogens (tertiary/aromatic N) is 3.